The first-order chi connectivity index (χ1) is 10.1. The molecular weight excluding hydrogens is 371 g/mol. The molecule has 7 nitrogen and oxygen atoms in total. The Bertz CT molecular complexity index is 565. The summed E-state index contributed by atoms with van der Waals surface area (Å²) in [5.74, 6) is 0.0391. The fourth-order valence-electron chi connectivity index (χ4n) is 1.18. The van der Waals surface area contributed by atoms with E-state index in [9.17, 15) is 5.11 Å². The molecule has 1 atom stereocenters. The molecule has 1 unspecified atom stereocenters. The van der Waals surface area contributed by atoms with Crippen LogP contribution >= 0.6 is 46.6 Å². The van der Waals surface area contributed by atoms with Crippen molar-refractivity contribution in [3.63, 3.8) is 0 Å². The first-order valence-electron chi connectivity index (χ1n) is 6.01. The van der Waals surface area contributed by atoms with E-state index < -0.39 is 16.1 Å². The Balaban J connectivity index is 3.04. The number of nitriles is 1. The van der Waals surface area contributed by atoms with Crippen molar-refractivity contribution in [3.8, 4) is 6.07 Å². The van der Waals surface area contributed by atoms with Crippen LogP contribution in [0.15, 0.2) is 5.16 Å². The van der Waals surface area contributed by atoms with E-state index in [-0.39, 0.29) is 17.8 Å². The molecule has 1 aromatic rings. The average Bonchev–Trinajstić information content (AvgIpc) is 2.46. The number of halogens is 3. The highest BCUT2D eigenvalue weighted by atomic mass is 35.5. The van der Waals surface area contributed by atoms with Gasteiger partial charge in [0.25, 0.3) is 0 Å². The van der Waals surface area contributed by atoms with Crippen LogP contribution in [0.3, 0.4) is 0 Å². The van der Waals surface area contributed by atoms with E-state index in [1.54, 1.807) is 20.1 Å². The number of aromatic nitrogens is 3. The third-order valence-electron chi connectivity index (χ3n) is 2.35. The second kappa shape index (κ2) is 7.70. The van der Waals surface area contributed by atoms with Crippen LogP contribution in [0.2, 0.25) is 0 Å². The van der Waals surface area contributed by atoms with Gasteiger partial charge in [-0.1, -0.05) is 35.0 Å². The molecule has 0 aliphatic rings. The van der Waals surface area contributed by atoms with Crippen molar-refractivity contribution in [1.29, 1.82) is 5.26 Å². The normalized spacial score (nSPS) is 13.4. The molecule has 0 saturated heterocycles. The van der Waals surface area contributed by atoms with E-state index in [2.05, 4.69) is 31.7 Å². The molecule has 22 heavy (non-hydrogen) atoms. The number of alkyl halides is 3. The first kappa shape index (κ1) is 19.3. The molecule has 0 amide bonds. The molecule has 1 rings (SSSR count). The average molecular weight is 386 g/mol. The highest BCUT2D eigenvalue weighted by molar-refractivity contribution is 7.98. The van der Waals surface area contributed by atoms with Crippen LogP contribution in [0.1, 0.15) is 13.8 Å². The molecule has 122 valence electrons. The van der Waals surface area contributed by atoms with Crippen molar-refractivity contribution in [2.45, 2.75) is 35.1 Å². The Morgan fingerprint density at radius 2 is 1.91 bits per heavy atom. The van der Waals surface area contributed by atoms with Gasteiger partial charge in [0.05, 0.1) is 11.9 Å². The van der Waals surface area contributed by atoms with E-state index in [0.29, 0.717) is 5.16 Å². The van der Waals surface area contributed by atoms with Crippen molar-refractivity contribution < 1.29 is 5.11 Å². The number of hydrogen-bond acceptors (Lipinski definition) is 8. The first-order valence-corrected chi connectivity index (χ1v) is 8.53. The molecule has 0 radical (unpaired) electrons. The lowest BCUT2D eigenvalue weighted by Crippen LogP contribution is -2.40. The van der Waals surface area contributed by atoms with E-state index in [0.717, 1.165) is 0 Å². The number of aliphatic hydroxyl groups is 1. The van der Waals surface area contributed by atoms with Gasteiger partial charge in [-0.2, -0.15) is 20.2 Å². The molecule has 1 aromatic heterocycles. The lowest BCUT2D eigenvalue weighted by atomic mass is 10.1. The van der Waals surface area contributed by atoms with Crippen molar-refractivity contribution in [2.75, 3.05) is 22.8 Å². The Kier molecular flexibility index (Phi) is 6.77. The van der Waals surface area contributed by atoms with Gasteiger partial charge in [-0.15, -0.1) is 11.6 Å². The topological polar surface area (TPSA) is 107 Å². The SMILES string of the molecule is CSc1nc(NC(O)C(Cl)(Cl)CCl)nc(NC(C)(C)C#N)n1. The molecule has 3 N–H and O–H groups in total. The fraction of sp³-hybridized carbons (Fsp3) is 0.636. The summed E-state index contributed by atoms with van der Waals surface area (Å²) < 4.78 is -1.60. The summed E-state index contributed by atoms with van der Waals surface area (Å²) in [5.41, 5.74) is -0.869. The van der Waals surface area contributed by atoms with Gasteiger partial charge >= 0.3 is 0 Å². The molecule has 0 aromatic carbocycles. The Hall–Kier alpha value is -0.720. The van der Waals surface area contributed by atoms with Crippen LogP contribution in [0, 0.1) is 11.3 Å². The summed E-state index contributed by atoms with van der Waals surface area (Å²) >= 11 is 18.6. The molecule has 0 spiro atoms. The van der Waals surface area contributed by atoms with Gasteiger partial charge in [0.2, 0.25) is 11.9 Å². The monoisotopic (exact) mass is 384 g/mol. The zero-order chi connectivity index (χ0) is 17.0. The van der Waals surface area contributed by atoms with Gasteiger partial charge in [-0.25, -0.2) is 0 Å². The van der Waals surface area contributed by atoms with Crippen LogP contribution in [0.25, 0.3) is 0 Å². The van der Waals surface area contributed by atoms with Crippen molar-refractivity contribution in [2.24, 2.45) is 0 Å². The van der Waals surface area contributed by atoms with Gasteiger partial charge in [-0.05, 0) is 20.1 Å². The molecule has 1 heterocycles. The second-order valence-electron chi connectivity index (χ2n) is 4.77. The van der Waals surface area contributed by atoms with E-state index in [1.807, 2.05) is 0 Å². The summed E-state index contributed by atoms with van der Waals surface area (Å²) in [5, 5.41) is 24.8. The maximum atomic E-state index is 9.92. The minimum Gasteiger partial charge on any atom is -0.370 e. The second-order valence-corrected chi connectivity index (χ2v) is 7.36. The predicted molar refractivity (Wildman–Crippen MR) is 89.7 cm³/mol. The summed E-state index contributed by atoms with van der Waals surface area (Å²) in [6.45, 7) is 3.35. The smallest absolute Gasteiger partial charge is 0.230 e. The summed E-state index contributed by atoms with van der Waals surface area (Å²) in [6, 6.07) is 2.07. The minimum atomic E-state index is -1.60. The number of rotatable bonds is 7. The lowest BCUT2D eigenvalue weighted by molar-refractivity contribution is 0.190. The maximum absolute atomic E-state index is 9.92. The molecule has 0 aliphatic carbocycles. The molecule has 0 saturated carbocycles. The number of hydrogen-bond donors (Lipinski definition) is 3. The van der Waals surface area contributed by atoms with E-state index in [1.165, 1.54) is 11.8 Å². The van der Waals surface area contributed by atoms with Crippen molar-refractivity contribution in [1.82, 2.24) is 15.0 Å². The van der Waals surface area contributed by atoms with Gasteiger partial charge < -0.3 is 15.7 Å². The minimum absolute atomic E-state index is 0.0545. The molecule has 0 bridgehead atoms. The van der Waals surface area contributed by atoms with E-state index >= 15 is 0 Å². The Morgan fingerprint density at radius 3 is 2.41 bits per heavy atom. The summed E-state index contributed by atoms with van der Waals surface area (Å²) in [7, 11) is 0. The zero-order valence-corrected chi connectivity index (χ0v) is 15.1. The van der Waals surface area contributed by atoms with Gasteiger partial charge in [0, 0.05) is 0 Å². The molecular formula is C11H15Cl3N6OS. The van der Waals surface area contributed by atoms with Crippen LogP contribution in [-0.2, 0) is 0 Å². The third kappa shape index (κ3) is 5.48. The predicted octanol–water partition coefficient (Wildman–Crippen LogP) is 2.45. The summed E-state index contributed by atoms with van der Waals surface area (Å²) in [6.07, 6.45) is 0.392. The molecule has 0 fully saturated rings. The standard InChI is InChI=1S/C11H15Cl3N6OS/c1-10(2,5-15)20-8-17-7(18-9(19-8)22-3)16-6(21)11(13,14)4-12/h6,21H,4H2,1-3H3,(H2,16,17,18,19,20). The Morgan fingerprint density at radius 1 is 1.32 bits per heavy atom. The maximum Gasteiger partial charge on any atom is 0.230 e. The van der Waals surface area contributed by atoms with Crippen molar-refractivity contribution >= 4 is 58.5 Å². The number of anilines is 2. The van der Waals surface area contributed by atoms with Gasteiger partial charge in [0.15, 0.2) is 15.7 Å². The quantitative estimate of drug-likeness (QED) is 0.373. The van der Waals surface area contributed by atoms with Crippen molar-refractivity contribution in [3.05, 3.63) is 0 Å². The fourth-order valence-corrected chi connectivity index (χ4v) is 1.79. The van der Waals surface area contributed by atoms with Crippen LogP contribution in [0.4, 0.5) is 11.9 Å². The number of aliphatic hydroxyl groups excluding tert-OH is 1. The number of nitrogens with zero attached hydrogens (tertiary/aromatic N) is 4. The zero-order valence-electron chi connectivity index (χ0n) is 12.1. The van der Waals surface area contributed by atoms with Crippen LogP contribution < -0.4 is 10.6 Å². The highest BCUT2D eigenvalue weighted by Gasteiger charge is 2.33. The molecule has 0 aliphatic heterocycles. The largest absolute Gasteiger partial charge is 0.370 e. The van der Waals surface area contributed by atoms with Crippen LogP contribution in [0.5, 0.6) is 0 Å². The molecule has 11 heteroatoms. The third-order valence-corrected chi connectivity index (χ3v) is 4.27. The van der Waals surface area contributed by atoms with Gasteiger partial charge in [-0.3, -0.25) is 0 Å². The Labute approximate surface area is 147 Å². The lowest BCUT2D eigenvalue weighted by Gasteiger charge is -2.24. The number of nitrogens with one attached hydrogen (secondary N) is 2. The van der Waals surface area contributed by atoms with E-state index in [4.69, 9.17) is 40.1 Å². The van der Waals surface area contributed by atoms with Gasteiger partial charge in [0.1, 0.15) is 5.54 Å². The van der Waals surface area contributed by atoms with Crippen LogP contribution in [-0.4, -0.2) is 48.3 Å². The highest BCUT2D eigenvalue weighted by Crippen LogP contribution is 2.28. The number of thioether (sulfide) groups is 1. The summed E-state index contributed by atoms with van der Waals surface area (Å²) in [4.78, 5) is 12.3.